The molecule has 0 bridgehead atoms. The minimum absolute atomic E-state index is 0.117. The van der Waals surface area contributed by atoms with E-state index in [0.29, 0.717) is 5.69 Å². The number of nitriles is 1. The van der Waals surface area contributed by atoms with E-state index in [1.807, 2.05) is 6.07 Å². The summed E-state index contributed by atoms with van der Waals surface area (Å²) < 4.78 is 0. The van der Waals surface area contributed by atoms with Crippen LogP contribution in [-0.4, -0.2) is 16.7 Å². The maximum atomic E-state index is 8.70. The van der Waals surface area contributed by atoms with Gasteiger partial charge in [-0.3, -0.25) is 0 Å². The lowest BCUT2D eigenvalue weighted by Crippen LogP contribution is -2.14. The van der Waals surface area contributed by atoms with Gasteiger partial charge in [0.15, 0.2) is 0 Å². The summed E-state index contributed by atoms with van der Waals surface area (Å²) in [4.78, 5) is 3.81. The van der Waals surface area contributed by atoms with Crippen LogP contribution in [0.3, 0.4) is 0 Å². The summed E-state index contributed by atoms with van der Waals surface area (Å²) in [5, 5.41) is 17.1. The Morgan fingerprint density at radius 2 is 2.42 bits per heavy atom. The van der Waals surface area contributed by atoms with Gasteiger partial charge >= 0.3 is 0 Å². The van der Waals surface area contributed by atoms with Gasteiger partial charge in [0, 0.05) is 6.20 Å². The van der Waals surface area contributed by atoms with E-state index < -0.39 is 6.04 Å². The number of pyridine rings is 1. The second kappa shape index (κ2) is 3.81. The van der Waals surface area contributed by atoms with E-state index in [-0.39, 0.29) is 6.61 Å². The average molecular weight is 163 g/mol. The maximum absolute atomic E-state index is 8.70. The molecule has 0 saturated carbocycles. The van der Waals surface area contributed by atoms with Crippen molar-refractivity contribution in [2.45, 2.75) is 6.04 Å². The minimum Gasteiger partial charge on any atom is -0.394 e. The summed E-state index contributed by atoms with van der Waals surface area (Å²) in [7, 11) is 0. The zero-order valence-electron chi connectivity index (χ0n) is 6.44. The van der Waals surface area contributed by atoms with Crippen molar-refractivity contribution in [3.05, 3.63) is 29.6 Å². The number of hydrogen-bond donors (Lipinski definition) is 2. The van der Waals surface area contributed by atoms with E-state index in [4.69, 9.17) is 16.1 Å². The Bertz CT molecular complexity index is 288. The zero-order valence-corrected chi connectivity index (χ0v) is 6.44. The molecule has 1 heterocycles. The van der Waals surface area contributed by atoms with E-state index in [0.717, 1.165) is 5.56 Å². The normalized spacial score (nSPS) is 12.1. The van der Waals surface area contributed by atoms with Crippen molar-refractivity contribution in [3.8, 4) is 6.07 Å². The fourth-order valence-electron chi connectivity index (χ4n) is 0.796. The van der Waals surface area contributed by atoms with Crippen LogP contribution in [0.4, 0.5) is 0 Å². The monoisotopic (exact) mass is 163 g/mol. The van der Waals surface area contributed by atoms with Crippen LogP contribution in [0.2, 0.25) is 0 Å². The molecule has 4 nitrogen and oxygen atoms in total. The molecule has 0 amide bonds. The van der Waals surface area contributed by atoms with Crippen molar-refractivity contribution < 1.29 is 5.11 Å². The van der Waals surface area contributed by atoms with Gasteiger partial charge in [-0.05, 0) is 11.6 Å². The molecule has 1 rings (SSSR count). The number of aliphatic hydroxyl groups is 1. The Balaban J connectivity index is 2.86. The van der Waals surface area contributed by atoms with E-state index in [2.05, 4.69) is 4.98 Å². The highest BCUT2D eigenvalue weighted by atomic mass is 16.3. The van der Waals surface area contributed by atoms with Gasteiger partial charge in [-0.25, -0.2) is 4.98 Å². The van der Waals surface area contributed by atoms with Crippen molar-refractivity contribution in [3.63, 3.8) is 0 Å². The molecule has 1 aromatic heterocycles. The van der Waals surface area contributed by atoms with Crippen molar-refractivity contribution in [2.75, 3.05) is 6.61 Å². The van der Waals surface area contributed by atoms with E-state index >= 15 is 0 Å². The highest BCUT2D eigenvalue weighted by molar-refractivity contribution is 5.24. The fourth-order valence-corrected chi connectivity index (χ4v) is 0.796. The number of aliphatic hydroxyl groups excluding tert-OH is 1. The Labute approximate surface area is 70.3 Å². The molecular formula is C8H9N3O. The lowest BCUT2D eigenvalue weighted by atomic mass is 10.1. The molecule has 0 spiro atoms. The first-order valence-corrected chi connectivity index (χ1v) is 3.50. The quantitative estimate of drug-likeness (QED) is 0.640. The molecule has 0 unspecified atom stereocenters. The van der Waals surface area contributed by atoms with E-state index in [9.17, 15) is 0 Å². The summed E-state index contributed by atoms with van der Waals surface area (Å²) >= 11 is 0. The van der Waals surface area contributed by atoms with Gasteiger partial charge in [0.1, 0.15) is 11.8 Å². The van der Waals surface area contributed by atoms with Crippen molar-refractivity contribution in [2.24, 2.45) is 5.73 Å². The van der Waals surface area contributed by atoms with Gasteiger partial charge in [0.2, 0.25) is 0 Å². The molecule has 0 aliphatic rings. The molecule has 0 saturated heterocycles. The minimum atomic E-state index is -0.412. The van der Waals surface area contributed by atoms with Crippen LogP contribution in [0.1, 0.15) is 17.3 Å². The summed E-state index contributed by atoms with van der Waals surface area (Å²) in [6.45, 7) is -0.117. The largest absolute Gasteiger partial charge is 0.394 e. The van der Waals surface area contributed by atoms with Crippen molar-refractivity contribution >= 4 is 0 Å². The first kappa shape index (κ1) is 8.65. The van der Waals surface area contributed by atoms with Gasteiger partial charge in [-0.1, -0.05) is 6.07 Å². The van der Waals surface area contributed by atoms with E-state index in [1.54, 1.807) is 12.1 Å². The first-order valence-electron chi connectivity index (χ1n) is 3.50. The SMILES string of the molecule is N#Cc1ccc([C@H](N)CO)cn1. The third-order valence-corrected chi connectivity index (χ3v) is 1.53. The number of hydrogen-bond acceptors (Lipinski definition) is 4. The topological polar surface area (TPSA) is 82.9 Å². The molecule has 1 aromatic rings. The summed E-state index contributed by atoms with van der Waals surface area (Å²) in [6.07, 6.45) is 1.50. The third kappa shape index (κ3) is 1.78. The second-order valence-electron chi connectivity index (χ2n) is 2.38. The Hall–Kier alpha value is -1.44. The molecule has 0 aliphatic carbocycles. The predicted molar refractivity (Wildman–Crippen MR) is 43.0 cm³/mol. The van der Waals surface area contributed by atoms with Crippen LogP contribution in [0.25, 0.3) is 0 Å². The number of nitrogens with two attached hydrogens (primary N) is 1. The predicted octanol–water partition coefficient (Wildman–Crippen LogP) is -0.0546. The van der Waals surface area contributed by atoms with Gasteiger partial charge < -0.3 is 10.8 Å². The number of nitrogens with zero attached hydrogens (tertiary/aromatic N) is 2. The molecular weight excluding hydrogens is 154 g/mol. The third-order valence-electron chi connectivity index (χ3n) is 1.53. The van der Waals surface area contributed by atoms with Crippen LogP contribution in [-0.2, 0) is 0 Å². The first-order chi connectivity index (χ1) is 5.77. The smallest absolute Gasteiger partial charge is 0.140 e. The molecule has 0 fully saturated rings. The summed E-state index contributed by atoms with van der Waals surface area (Å²) in [5.41, 5.74) is 6.60. The average Bonchev–Trinajstić information content (AvgIpc) is 2.17. The molecule has 12 heavy (non-hydrogen) atoms. The van der Waals surface area contributed by atoms with E-state index in [1.165, 1.54) is 6.20 Å². The second-order valence-corrected chi connectivity index (χ2v) is 2.38. The molecule has 3 N–H and O–H groups in total. The molecule has 1 atom stereocenters. The Morgan fingerprint density at radius 3 is 2.83 bits per heavy atom. The van der Waals surface area contributed by atoms with Crippen LogP contribution in [0.5, 0.6) is 0 Å². The van der Waals surface area contributed by atoms with Crippen molar-refractivity contribution in [1.82, 2.24) is 4.98 Å². The van der Waals surface area contributed by atoms with Crippen molar-refractivity contribution in [1.29, 1.82) is 5.26 Å². The van der Waals surface area contributed by atoms with Gasteiger partial charge in [0.05, 0.1) is 12.6 Å². The molecule has 0 radical (unpaired) electrons. The van der Waals surface area contributed by atoms with Gasteiger partial charge in [-0.15, -0.1) is 0 Å². The summed E-state index contributed by atoms with van der Waals surface area (Å²) in [6, 6.07) is 4.75. The Morgan fingerprint density at radius 1 is 1.67 bits per heavy atom. The molecule has 0 aromatic carbocycles. The summed E-state index contributed by atoms with van der Waals surface area (Å²) in [5.74, 6) is 0. The van der Waals surface area contributed by atoms with Crippen LogP contribution < -0.4 is 5.73 Å². The zero-order chi connectivity index (χ0) is 8.97. The number of rotatable bonds is 2. The van der Waals surface area contributed by atoms with Gasteiger partial charge in [0.25, 0.3) is 0 Å². The van der Waals surface area contributed by atoms with Crippen LogP contribution >= 0.6 is 0 Å². The van der Waals surface area contributed by atoms with Crippen LogP contribution in [0, 0.1) is 11.3 Å². The standard InChI is InChI=1S/C8H9N3O/c9-3-7-2-1-6(4-11-7)8(10)5-12/h1-2,4,8,12H,5,10H2/t8-/m1/s1. The molecule has 0 aliphatic heterocycles. The molecule has 4 heteroatoms. The van der Waals surface area contributed by atoms with Gasteiger partial charge in [-0.2, -0.15) is 5.26 Å². The molecule has 62 valence electrons. The fraction of sp³-hybridized carbons (Fsp3) is 0.250. The lowest BCUT2D eigenvalue weighted by molar-refractivity contribution is 0.268. The highest BCUT2D eigenvalue weighted by Crippen LogP contribution is 2.07. The Kier molecular flexibility index (Phi) is 2.75. The highest BCUT2D eigenvalue weighted by Gasteiger charge is 2.03. The lowest BCUT2D eigenvalue weighted by Gasteiger charge is -2.06. The van der Waals surface area contributed by atoms with Crippen LogP contribution in [0.15, 0.2) is 18.3 Å². The number of aromatic nitrogens is 1. The maximum Gasteiger partial charge on any atom is 0.140 e.